The second-order valence-electron chi connectivity index (χ2n) is 5.85. The van der Waals surface area contributed by atoms with E-state index in [4.69, 9.17) is 0 Å². The molecule has 0 atom stereocenters. The summed E-state index contributed by atoms with van der Waals surface area (Å²) in [6, 6.07) is 9.01. The van der Waals surface area contributed by atoms with Crippen molar-refractivity contribution in [3.63, 3.8) is 0 Å². The minimum Gasteiger partial charge on any atom is -0.325 e. The quantitative estimate of drug-likeness (QED) is 0.918. The van der Waals surface area contributed by atoms with Crippen LogP contribution in [0, 0.1) is 0 Å². The Balaban J connectivity index is 1.62. The topological polar surface area (TPSA) is 84.3 Å². The molecule has 2 amide bonds. The third-order valence-electron chi connectivity index (χ3n) is 4.22. The van der Waals surface area contributed by atoms with Crippen molar-refractivity contribution in [2.75, 3.05) is 18.4 Å². The number of anilines is 1. The summed E-state index contributed by atoms with van der Waals surface area (Å²) in [5, 5.41) is 2.41. The van der Waals surface area contributed by atoms with E-state index in [1.807, 2.05) is 30.3 Å². The van der Waals surface area contributed by atoms with Gasteiger partial charge in [0.05, 0.1) is 5.25 Å². The number of nitrogens with one attached hydrogen (secondary N) is 1. The Kier molecular flexibility index (Phi) is 4.57. The number of carbonyl (C=O) groups excluding carboxylic acids is 1. The minimum atomic E-state index is -3.46. The van der Waals surface area contributed by atoms with Gasteiger partial charge in [0.2, 0.25) is 15.0 Å². The highest BCUT2D eigenvalue weighted by molar-refractivity contribution is 7.91. The molecule has 1 aliphatic heterocycles. The van der Waals surface area contributed by atoms with Gasteiger partial charge in [0.25, 0.3) is 0 Å². The Morgan fingerprint density at radius 2 is 1.88 bits per heavy atom. The first kappa shape index (κ1) is 16.5. The molecule has 1 aromatic carbocycles. The van der Waals surface area contributed by atoms with Crippen LogP contribution < -0.4 is 5.32 Å². The van der Waals surface area contributed by atoms with Gasteiger partial charge in [-0.3, -0.25) is 0 Å². The molecular weight excluding hydrogens is 328 g/mol. The zero-order valence-corrected chi connectivity index (χ0v) is 14.2. The van der Waals surface area contributed by atoms with Gasteiger partial charge >= 0.3 is 6.03 Å². The Hall–Kier alpha value is -2.35. The lowest BCUT2D eigenvalue weighted by Gasteiger charge is -2.31. The maximum absolute atomic E-state index is 12.6. The standard InChI is InChI=1S/C16H20N4O3S/c1-19-12-9-17-16(19)24(22,23)14-7-10-20(11-8-14)15(21)18-13-5-3-2-4-6-13/h2-6,9,12,14H,7-8,10-11H2,1H3,(H,18,21). The van der Waals surface area contributed by atoms with Gasteiger partial charge in [-0.05, 0) is 25.0 Å². The number of hydrogen-bond donors (Lipinski definition) is 1. The molecule has 1 fully saturated rings. The lowest BCUT2D eigenvalue weighted by molar-refractivity contribution is 0.200. The number of hydrogen-bond acceptors (Lipinski definition) is 4. The van der Waals surface area contributed by atoms with Crippen LogP contribution in [0.1, 0.15) is 12.8 Å². The predicted molar refractivity (Wildman–Crippen MR) is 90.4 cm³/mol. The van der Waals surface area contributed by atoms with Crippen molar-refractivity contribution in [1.82, 2.24) is 14.5 Å². The Morgan fingerprint density at radius 3 is 2.46 bits per heavy atom. The number of rotatable bonds is 3. The van der Waals surface area contributed by atoms with Gasteiger partial charge in [-0.25, -0.2) is 18.2 Å². The van der Waals surface area contributed by atoms with E-state index in [0.717, 1.165) is 5.69 Å². The van der Waals surface area contributed by atoms with E-state index in [2.05, 4.69) is 10.3 Å². The molecule has 0 radical (unpaired) electrons. The molecule has 3 rings (SSSR count). The summed E-state index contributed by atoms with van der Waals surface area (Å²) in [5.41, 5.74) is 0.727. The number of imidazole rings is 1. The van der Waals surface area contributed by atoms with Crippen molar-refractivity contribution in [2.24, 2.45) is 7.05 Å². The first-order valence-corrected chi connectivity index (χ1v) is 9.35. The van der Waals surface area contributed by atoms with Crippen LogP contribution >= 0.6 is 0 Å². The number of sulfone groups is 1. The third-order valence-corrected chi connectivity index (χ3v) is 6.48. The van der Waals surface area contributed by atoms with Crippen molar-refractivity contribution in [3.05, 3.63) is 42.7 Å². The molecule has 0 unspecified atom stereocenters. The number of likely N-dealkylation sites (tertiary alicyclic amines) is 1. The number of amides is 2. The Morgan fingerprint density at radius 1 is 1.21 bits per heavy atom. The largest absolute Gasteiger partial charge is 0.325 e. The molecule has 0 saturated carbocycles. The Labute approximate surface area is 141 Å². The summed E-state index contributed by atoms with van der Waals surface area (Å²) < 4.78 is 26.8. The van der Waals surface area contributed by atoms with Crippen LogP contribution in [0.15, 0.2) is 47.9 Å². The van der Waals surface area contributed by atoms with Crippen molar-refractivity contribution in [3.8, 4) is 0 Å². The summed E-state index contributed by atoms with van der Waals surface area (Å²) >= 11 is 0. The van der Waals surface area contributed by atoms with E-state index < -0.39 is 15.1 Å². The van der Waals surface area contributed by atoms with Crippen molar-refractivity contribution in [1.29, 1.82) is 0 Å². The maximum atomic E-state index is 12.6. The molecule has 0 aliphatic carbocycles. The number of nitrogens with zero attached hydrogens (tertiary/aromatic N) is 3. The highest BCUT2D eigenvalue weighted by Gasteiger charge is 2.34. The zero-order chi connectivity index (χ0) is 17.2. The molecule has 1 saturated heterocycles. The highest BCUT2D eigenvalue weighted by Crippen LogP contribution is 2.23. The van der Waals surface area contributed by atoms with E-state index in [1.54, 1.807) is 18.1 Å². The van der Waals surface area contributed by atoms with Crippen LogP contribution in [0.4, 0.5) is 10.5 Å². The van der Waals surface area contributed by atoms with Gasteiger partial charge < -0.3 is 14.8 Å². The number of aromatic nitrogens is 2. The van der Waals surface area contributed by atoms with E-state index in [1.165, 1.54) is 10.8 Å². The maximum Gasteiger partial charge on any atom is 0.321 e. The average Bonchev–Trinajstić information content (AvgIpc) is 3.03. The molecule has 1 aromatic heterocycles. The van der Waals surface area contributed by atoms with E-state index in [0.29, 0.717) is 25.9 Å². The van der Waals surface area contributed by atoms with Crippen LogP contribution in [-0.2, 0) is 16.9 Å². The Bertz CT molecular complexity index is 809. The molecule has 0 spiro atoms. The fourth-order valence-electron chi connectivity index (χ4n) is 2.87. The predicted octanol–water partition coefficient (Wildman–Crippen LogP) is 1.89. The first-order valence-electron chi connectivity index (χ1n) is 7.80. The fourth-order valence-corrected chi connectivity index (χ4v) is 4.67. The van der Waals surface area contributed by atoms with E-state index in [-0.39, 0.29) is 11.2 Å². The number of urea groups is 1. The summed E-state index contributed by atoms with van der Waals surface area (Å²) in [6.07, 6.45) is 3.93. The number of carbonyl (C=O) groups is 1. The molecule has 24 heavy (non-hydrogen) atoms. The lowest BCUT2D eigenvalue weighted by atomic mass is 10.1. The molecule has 2 heterocycles. The second-order valence-corrected chi connectivity index (χ2v) is 7.97. The molecule has 0 bridgehead atoms. The molecule has 8 heteroatoms. The molecule has 1 aliphatic rings. The summed E-state index contributed by atoms with van der Waals surface area (Å²) in [6.45, 7) is 0.819. The smallest absolute Gasteiger partial charge is 0.321 e. The number of para-hydroxylation sites is 1. The minimum absolute atomic E-state index is 0.0923. The normalized spacial score (nSPS) is 16.1. The van der Waals surface area contributed by atoms with Crippen molar-refractivity contribution in [2.45, 2.75) is 23.2 Å². The molecular formula is C16H20N4O3S. The SMILES string of the molecule is Cn1ccnc1S(=O)(=O)C1CCN(C(=O)Nc2ccccc2)CC1. The second kappa shape index (κ2) is 6.64. The number of piperidine rings is 1. The van der Waals surface area contributed by atoms with Crippen LogP contribution in [-0.4, -0.2) is 47.2 Å². The summed E-state index contributed by atoms with van der Waals surface area (Å²) in [5.74, 6) is 0. The number of aryl methyl sites for hydroxylation is 1. The summed E-state index contributed by atoms with van der Waals surface area (Å²) in [7, 11) is -1.79. The van der Waals surface area contributed by atoms with Crippen LogP contribution in [0.25, 0.3) is 0 Å². The van der Waals surface area contributed by atoms with E-state index in [9.17, 15) is 13.2 Å². The van der Waals surface area contributed by atoms with Crippen molar-refractivity contribution >= 4 is 21.6 Å². The van der Waals surface area contributed by atoms with Crippen LogP contribution in [0.3, 0.4) is 0 Å². The molecule has 128 valence electrons. The average molecular weight is 348 g/mol. The van der Waals surface area contributed by atoms with Gasteiger partial charge in [-0.2, -0.15) is 0 Å². The fraction of sp³-hybridized carbons (Fsp3) is 0.375. The monoisotopic (exact) mass is 348 g/mol. The van der Waals surface area contributed by atoms with E-state index >= 15 is 0 Å². The first-order chi connectivity index (χ1) is 11.5. The van der Waals surface area contributed by atoms with Gasteiger partial charge in [-0.1, -0.05) is 18.2 Å². The van der Waals surface area contributed by atoms with Crippen LogP contribution in [0.5, 0.6) is 0 Å². The molecule has 1 N–H and O–H groups in total. The lowest BCUT2D eigenvalue weighted by Crippen LogP contribution is -2.44. The van der Waals surface area contributed by atoms with Gasteiger partial charge in [-0.15, -0.1) is 0 Å². The van der Waals surface area contributed by atoms with Gasteiger partial charge in [0.1, 0.15) is 0 Å². The van der Waals surface area contributed by atoms with Gasteiger partial charge in [0, 0.05) is 38.2 Å². The molecule has 7 nitrogen and oxygen atoms in total. The van der Waals surface area contributed by atoms with Gasteiger partial charge in [0.15, 0.2) is 0 Å². The van der Waals surface area contributed by atoms with Crippen LogP contribution in [0.2, 0.25) is 0 Å². The van der Waals surface area contributed by atoms with Crippen molar-refractivity contribution < 1.29 is 13.2 Å². The molecule has 2 aromatic rings. The number of benzene rings is 1. The third kappa shape index (κ3) is 3.28. The summed E-state index contributed by atoms with van der Waals surface area (Å²) in [4.78, 5) is 17.9. The highest BCUT2D eigenvalue weighted by atomic mass is 32.2. The zero-order valence-electron chi connectivity index (χ0n) is 13.4.